The lowest BCUT2D eigenvalue weighted by molar-refractivity contribution is -0.133. The number of nitrogens with zero attached hydrogens (tertiary/aromatic N) is 1. The third kappa shape index (κ3) is 4.84. The normalized spacial score (nSPS) is 23.4. The van der Waals surface area contributed by atoms with Gasteiger partial charge in [0.05, 0.1) is 10.6 Å². The number of amides is 2. The number of carbonyl (C=O) groups is 2. The van der Waals surface area contributed by atoms with E-state index in [1.54, 1.807) is 17.0 Å². The minimum absolute atomic E-state index is 0.0437. The van der Waals surface area contributed by atoms with Crippen molar-refractivity contribution in [2.75, 3.05) is 18.4 Å². The highest BCUT2D eigenvalue weighted by atomic mass is 32.2. The van der Waals surface area contributed by atoms with E-state index < -0.39 is 15.3 Å². The van der Waals surface area contributed by atoms with E-state index in [-0.39, 0.29) is 22.8 Å². The SMILES string of the molecule is O=C1Nc2cc(S(=O)(=O)NC3CCCCCCC3)ccc2SC1C(=O)N1CCCC1. The molecule has 2 amide bonds. The number of hydrogen-bond acceptors (Lipinski definition) is 5. The monoisotopic (exact) mass is 451 g/mol. The topological polar surface area (TPSA) is 95.6 Å². The van der Waals surface area contributed by atoms with Crippen molar-refractivity contribution in [3.63, 3.8) is 0 Å². The number of anilines is 1. The van der Waals surface area contributed by atoms with Crippen LogP contribution in [0.15, 0.2) is 28.0 Å². The summed E-state index contributed by atoms with van der Waals surface area (Å²) >= 11 is 1.20. The van der Waals surface area contributed by atoms with Crippen LogP contribution in [0.2, 0.25) is 0 Å². The molecule has 1 saturated carbocycles. The van der Waals surface area contributed by atoms with Gasteiger partial charge in [0.2, 0.25) is 21.8 Å². The molecule has 0 spiro atoms. The van der Waals surface area contributed by atoms with Crippen molar-refractivity contribution in [3.8, 4) is 0 Å². The fourth-order valence-electron chi connectivity index (χ4n) is 4.38. The Hall–Kier alpha value is -1.58. The highest BCUT2D eigenvalue weighted by Crippen LogP contribution is 2.38. The summed E-state index contributed by atoms with van der Waals surface area (Å²) in [7, 11) is -3.67. The van der Waals surface area contributed by atoms with Gasteiger partial charge in [-0.1, -0.05) is 32.1 Å². The maximum atomic E-state index is 12.9. The molecule has 164 valence electrons. The number of carbonyl (C=O) groups excluding carboxylic acids is 2. The molecule has 1 aliphatic carbocycles. The first-order chi connectivity index (χ1) is 14.4. The zero-order valence-electron chi connectivity index (χ0n) is 17.1. The van der Waals surface area contributed by atoms with Crippen molar-refractivity contribution in [2.45, 2.75) is 78.9 Å². The molecule has 3 aliphatic rings. The number of sulfonamides is 1. The molecule has 1 unspecified atom stereocenters. The fourth-order valence-corrected chi connectivity index (χ4v) is 6.77. The van der Waals surface area contributed by atoms with E-state index in [0.29, 0.717) is 18.8 Å². The van der Waals surface area contributed by atoms with Crippen molar-refractivity contribution in [1.82, 2.24) is 9.62 Å². The zero-order chi connectivity index (χ0) is 21.1. The molecule has 4 rings (SSSR count). The number of rotatable bonds is 4. The average molecular weight is 452 g/mol. The fraction of sp³-hybridized carbons (Fsp3) is 0.619. The average Bonchev–Trinajstić information content (AvgIpc) is 3.23. The number of likely N-dealkylation sites (tertiary alicyclic amines) is 1. The lowest BCUT2D eigenvalue weighted by atomic mass is 9.97. The summed E-state index contributed by atoms with van der Waals surface area (Å²) in [6, 6.07) is 4.71. The van der Waals surface area contributed by atoms with Crippen molar-refractivity contribution < 1.29 is 18.0 Å². The van der Waals surface area contributed by atoms with Crippen LogP contribution in [0.25, 0.3) is 0 Å². The van der Waals surface area contributed by atoms with E-state index in [0.717, 1.165) is 56.3 Å². The lowest BCUT2D eigenvalue weighted by Crippen LogP contribution is -2.43. The Morgan fingerprint density at radius 2 is 1.70 bits per heavy atom. The van der Waals surface area contributed by atoms with Crippen LogP contribution in [-0.4, -0.2) is 49.5 Å². The number of thioether (sulfide) groups is 1. The smallest absolute Gasteiger partial charge is 0.247 e. The van der Waals surface area contributed by atoms with Crippen LogP contribution in [0.4, 0.5) is 5.69 Å². The summed E-state index contributed by atoms with van der Waals surface area (Å²) in [5, 5.41) is 1.94. The zero-order valence-corrected chi connectivity index (χ0v) is 18.7. The molecule has 0 radical (unpaired) electrons. The van der Waals surface area contributed by atoms with Gasteiger partial charge in [0, 0.05) is 24.0 Å². The minimum atomic E-state index is -3.67. The van der Waals surface area contributed by atoms with Crippen LogP contribution in [0.1, 0.15) is 57.8 Å². The molecule has 1 aromatic rings. The lowest BCUT2D eigenvalue weighted by Gasteiger charge is -2.27. The predicted molar refractivity (Wildman–Crippen MR) is 117 cm³/mol. The van der Waals surface area contributed by atoms with E-state index in [9.17, 15) is 18.0 Å². The molecule has 1 saturated heterocycles. The Kier molecular flexibility index (Phi) is 6.69. The largest absolute Gasteiger partial charge is 0.341 e. The van der Waals surface area contributed by atoms with Gasteiger partial charge in [-0.2, -0.15) is 0 Å². The maximum absolute atomic E-state index is 12.9. The first kappa shape index (κ1) is 21.6. The number of benzene rings is 1. The molecular formula is C21H29N3O4S2. The second kappa shape index (κ2) is 9.28. The van der Waals surface area contributed by atoms with Gasteiger partial charge in [0.25, 0.3) is 0 Å². The van der Waals surface area contributed by atoms with Crippen LogP contribution in [0.5, 0.6) is 0 Å². The third-order valence-electron chi connectivity index (χ3n) is 6.07. The van der Waals surface area contributed by atoms with Gasteiger partial charge < -0.3 is 10.2 Å². The van der Waals surface area contributed by atoms with E-state index in [4.69, 9.17) is 0 Å². The summed E-state index contributed by atoms with van der Waals surface area (Å²) in [4.78, 5) is 27.8. The van der Waals surface area contributed by atoms with Crippen LogP contribution in [0, 0.1) is 0 Å². The second-order valence-corrected chi connectivity index (χ2v) is 11.2. The summed E-state index contributed by atoms with van der Waals surface area (Å²) in [6.45, 7) is 1.39. The first-order valence-electron chi connectivity index (χ1n) is 10.9. The number of hydrogen-bond donors (Lipinski definition) is 2. The van der Waals surface area contributed by atoms with E-state index >= 15 is 0 Å². The number of fused-ring (bicyclic) bond motifs is 1. The molecular weight excluding hydrogens is 422 g/mol. The molecule has 1 atom stereocenters. The highest BCUT2D eigenvalue weighted by molar-refractivity contribution is 8.01. The molecule has 9 heteroatoms. The second-order valence-electron chi connectivity index (χ2n) is 8.34. The van der Waals surface area contributed by atoms with Gasteiger partial charge >= 0.3 is 0 Å². The molecule has 0 aromatic heterocycles. The van der Waals surface area contributed by atoms with Gasteiger partial charge in [-0.05, 0) is 43.9 Å². The summed E-state index contributed by atoms with van der Waals surface area (Å²) < 4.78 is 28.7. The molecule has 2 N–H and O–H groups in total. The molecule has 0 bridgehead atoms. The Morgan fingerprint density at radius 3 is 2.40 bits per heavy atom. The van der Waals surface area contributed by atoms with Crippen LogP contribution in [0.3, 0.4) is 0 Å². The van der Waals surface area contributed by atoms with Crippen molar-refractivity contribution >= 4 is 39.3 Å². The Labute approximate surface area is 182 Å². The van der Waals surface area contributed by atoms with E-state index in [1.165, 1.54) is 24.2 Å². The molecule has 1 aromatic carbocycles. The standard InChI is InChI=1S/C21H29N3O4S2/c25-20-19(21(26)24-12-6-7-13-24)29-18-11-10-16(14-17(18)22-20)30(27,28)23-15-8-4-2-1-3-5-9-15/h10-11,14-15,19,23H,1-9,12-13H2,(H,22,25). The molecule has 7 nitrogen and oxygen atoms in total. The Balaban J connectivity index is 1.48. The third-order valence-corrected chi connectivity index (χ3v) is 8.85. The first-order valence-corrected chi connectivity index (χ1v) is 13.2. The summed E-state index contributed by atoms with van der Waals surface area (Å²) in [5.41, 5.74) is 0.455. The van der Waals surface area contributed by atoms with Crippen LogP contribution in [-0.2, 0) is 19.6 Å². The van der Waals surface area contributed by atoms with Gasteiger partial charge in [0.15, 0.2) is 5.25 Å². The molecule has 2 fully saturated rings. The van der Waals surface area contributed by atoms with Crippen LogP contribution >= 0.6 is 11.8 Å². The number of nitrogens with one attached hydrogen (secondary N) is 2. The van der Waals surface area contributed by atoms with Crippen molar-refractivity contribution in [1.29, 1.82) is 0 Å². The minimum Gasteiger partial charge on any atom is -0.341 e. The van der Waals surface area contributed by atoms with Crippen molar-refractivity contribution in [2.24, 2.45) is 0 Å². The molecule has 30 heavy (non-hydrogen) atoms. The maximum Gasteiger partial charge on any atom is 0.247 e. The van der Waals surface area contributed by atoms with E-state index in [1.807, 2.05) is 0 Å². The quantitative estimate of drug-likeness (QED) is 0.686. The van der Waals surface area contributed by atoms with E-state index in [2.05, 4.69) is 10.0 Å². The van der Waals surface area contributed by atoms with Gasteiger partial charge in [-0.15, -0.1) is 11.8 Å². The van der Waals surface area contributed by atoms with Gasteiger partial charge in [-0.3, -0.25) is 9.59 Å². The Bertz CT molecular complexity index is 905. The predicted octanol–water partition coefficient (Wildman–Crippen LogP) is 3.11. The summed E-state index contributed by atoms with van der Waals surface area (Å²) in [6.07, 6.45) is 9.26. The van der Waals surface area contributed by atoms with Crippen molar-refractivity contribution in [3.05, 3.63) is 18.2 Å². The Morgan fingerprint density at radius 1 is 1.03 bits per heavy atom. The molecule has 2 aliphatic heterocycles. The summed E-state index contributed by atoms with van der Waals surface area (Å²) in [5.74, 6) is -0.546. The van der Waals surface area contributed by atoms with Gasteiger partial charge in [-0.25, -0.2) is 13.1 Å². The highest BCUT2D eigenvalue weighted by Gasteiger charge is 2.37. The van der Waals surface area contributed by atoms with Crippen LogP contribution < -0.4 is 10.0 Å². The molecule has 2 heterocycles. The van der Waals surface area contributed by atoms with Gasteiger partial charge in [0.1, 0.15) is 0 Å².